The van der Waals surface area contributed by atoms with Crippen molar-refractivity contribution in [3.8, 4) is 0 Å². The topological polar surface area (TPSA) is 107 Å². The van der Waals surface area contributed by atoms with E-state index in [9.17, 15) is 0 Å². The second-order valence-corrected chi connectivity index (χ2v) is 3.26. The van der Waals surface area contributed by atoms with E-state index in [1.807, 2.05) is 0 Å². The molecule has 0 aromatic carbocycles. The van der Waals surface area contributed by atoms with E-state index in [0.29, 0.717) is 12.2 Å². The normalized spacial score (nSPS) is 27.4. The van der Waals surface area contributed by atoms with E-state index in [2.05, 4.69) is 20.6 Å². The number of aromatic nitrogens is 4. The van der Waals surface area contributed by atoms with Gasteiger partial charge in [-0.2, -0.15) is 5.21 Å². The number of rotatable bonds is 3. The Hall–Kier alpha value is -1.09. The van der Waals surface area contributed by atoms with Gasteiger partial charge >= 0.3 is 0 Å². The summed E-state index contributed by atoms with van der Waals surface area (Å²) in [5.41, 5.74) is 0. The van der Waals surface area contributed by atoms with E-state index in [-0.39, 0.29) is 17.4 Å². The smallest absolute Gasteiger partial charge is 0.177 e. The number of H-pyrrole nitrogens is 1. The molecule has 0 unspecified atom stereocenters. The SMILES string of the molecule is ON(O)O[C@H]1CC[C@H](c2nn[nH]n2)C1. The summed E-state index contributed by atoms with van der Waals surface area (Å²) in [6.45, 7) is 0. The summed E-state index contributed by atoms with van der Waals surface area (Å²) in [7, 11) is 0. The summed E-state index contributed by atoms with van der Waals surface area (Å²) in [5.74, 6) is 0.831. The van der Waals surface area contributed by atoms with Gasteiger partial charge < -0.3 is 0 Å². The molecule has 1 aliphatic rings. The van der Waals surface area contributed by atoms with Crippen LogP contribution in [-0.4, -0.2) is 42.5 Å². The summed E-state index contributed by atoms with van der Waals surface area (Å²) in [6, 6.07) is 0. The second-order valence-electron chi connectivity index (χ2n) is 3.26. The van der Waals surface area contributed by atoms with Crippen molar-refractivity contribution >= 4 is 0 Å². The van der Waals surface area contributed by atoms with Crippen LogP contribution in [0.4, 0.5) is 0 Å². The number of tetrazole rings is 1. The van der Waals surface area contributed by atoms with E-state index >= 15 is 0 Å². The van der Waals surface area contributed by atoms with Crippen LogP contribution in [0.3, 0.4) is 0 Å². The second kappa shape index (κ2) is 3.96. The van der Waals surface area contributed by atoms with Gasteiger partial charge in [0.05, 0.1) is 11.5 Å². The first-order valence-corrected chi connectivity index (χ1v) is 4.33. The molecule has 8 nitrogen and oxygen atoms in total. The van der Waals surface area contributed by atoms with Gasteiger partial charge in [0.25, 0.3) is 0 Å². The van der Waals surface area contributed by atoms with Gasteiger partial charge in [-0.15, -0.1) is 10.2 Å². The Morgan fingerprint density at radius 1 is 1.43 bits per heavy atom. The Balaban J connectivity index is 1.89. The summed E-state index contributed by atoms with van der Waals surface area (Å²) >= 11 is 0. The number of hydrogen-bond acceptors (Lipinski definition) is 7. The molecule has 0 aliphatic heterocycles. The summed E-state index contributed by atoms with van der Waals surface area (Å²) < 4.78 is 0. The van der Waals surface area contributed by atoms with Gasteiger partial charge in [-0.05, 0) is 19.3 Å². The van der Waals surface area contributed by atoms with Gasteiger partial charge in [0.1, 0.15) is 0 Å². The Labute approximate surface area is 79.3 Å². The van der Waals surface area contributed by atoms with Crippen molar-refractivity contribution in [1.29, 1.82) is 0 Å². The van der Waals surface area contributed by atoms with Gasteiger partial charge in [-0.3, -0.25) is 10.4 Å². The minimum absolute atomic E-state index is 0.179. The van der Waals surface area contributed by atoms with Crippen molar-refractivity contribution in [2.75, 3.05) is 0 Å². The summed E-state index contributed by atoms with van der Waals surface area (Å²) in [6.07, 6.45) is 2.07. The molecule has 2 atom stereocenters. The minimum atomic E-state index is -0.247. The molecule has 0 amide bonds. The van der Waals surface area contributed by atoms with Crippen LogP contribution in [0.2, 0.25) is 0 Å². The van der Waals surface area contributed by atoms with Gasteiger partial charge in [0.2, 0.25) is 0 Å². The maximum absolute atomic E-state index is 8.45. The van der Waals surface area contributed by atoms with Crippen molar-refractivity contribution in [3.63, 3.8) is 0 Å². The van der Waals surface area contributed by atoms with Crippen LogP contribution in [0.5, 0.6) is 0 Å². The molecule has 0 saturated heterocycles. The largest absolute Gasteiger partial charge is 0.266 e. The minimum Gasteiger partial charge on any atom is -0.266 e. The van der Waals surface area contributed by atoms with Crippen LogP contribution in [-0.2, 0) is 4.84 Å². The van der Waals surface area contributed by atoms with Gasteiger partial charge in [0.15, 0.2) is 5.82 Å². The zero-order chi connectivity index (χ0) is 9.97. The number of aromatic amines is 1. The number of hydrogen-bond donors (Lipinski definition) is 3. The van der Waals surface area contributed by atoms with Gasteiger partial charge in [-0.1, -0.05) is 5.21 Å². The molecule has 0 radical (unpaired) electrons. The maximum Gasteiger partial charge on any atom is 0.177 e. The lowest BCUT2D eigenvalue weighted by Gasteiger charge is -2.12. The van der Waals surface area contributed by atoms with Gasteiger partial charge in [-0.25, -0.2) is 4.84 Å². The average molecular weight is 201 g/mol. The molecule has 1 aromatic rings. The molecule has 8 heteroatoms. The third-order valence-corrected chi connectivity index (χ3v) is 2.35. The van der Waals surface area contributed by atoms with E-state index in [0.717, 1.165) is 12.8 Å². The van der Waals surface area contributed by atoms with Crippen molar-refractivity contribution in [2.45, 2.75) is 31.3 Å². The number of nitrogens with zero attached hydrogens (tertiary/aromatic N) is 4. The molecule has 14 heavy (non-hydrogen) atoms. The predicted octanol–water partition coefficient (Wildman–Crippen LogP) is -0.152. The molecule has 3 N–H and O–H groups in total. The van der Waals surface area contributed by atoms with E-state index in [4.69, 9.17) is 15.3 Å². The Bertz CT molecular complexity index is 277. The zero-order valence-corrected chi connectivity index (χ0v) is 7.37. The monoisotopic (exact) mass is 201 g/mol. The van der Waals surface area contributed by atoms with Crippen LogP contribution >= 0.6 is 0 Å². The molecule has 1 heterocycles. The molecular weight excluding hydrogens is 190 g/mol. The Morgan fingerprint density at radius 2 is 2.29 bits per heavy atom. The van der Waals surface area contributed by atoms with Crippen molar-refractivity contribution in [2.24, 2.45) is 0 Å². The molecule has 1 fully saturated rings. The molecule has 78 valence electrons. The average Bonchev–Trinajstić information content (AvgIpc) is 2.69. The fourth-order valence-corrected chi connectivity index (χ4v) is 1.75. The third kappa shape index (κ3) is 2.04. The van der Waals surface area contributed by atoms with Crippen molar-refractivity contribution < 1.29 is 15.3 Å². The highest BCUT2D eigenvalue weighted by atomic mass is 17.1. The lowest BCUT2D eigenvalue weighted by Crippen LogP contribution is -2.22. The summed E-state index contributed by atoms with van der Waals surface area (Å²) in [4.78, 5) is 4.70. The fraction of sp³-hybridized carbons (Fsp3) is 0.833. The third-order valence-electron chi connectivity index (χ3n) is 2.35. The highest BCUT2D eigenvalue weighted by Gasteiger charge is 2.30. The molecule has 0 spiro atoms. The standard InChI is InChI=1S/C6H11N5O3/c12-11(13)14-5-2-1-4(3-5)6-7-9-10-8-6/h4-5,12-13H,1-3H2,(H,7,8,9,10)/t4-,5-/m0/s1. The molecule has 0 bridgehead atoms. The first kappa shape index (κ1) is 9.46. The first-order chi connectivity index (χ1) is 6.75. The van der Waals surface area contributed by atoms with Crippen LogP contribution in [0.15, 0.2) is 0 Å². The highest BCUT2D eigenvalue weighted by molar-refractivity contribution is 4.96. The first-order valence-electron chi connectivity index (χ1n) is 4.33. The highest BCUT2D eigenvalue weighted by Crippen LogP contribution is 2.33. The van der Waals surface area contributed by atoms with Crippen LogP contribution in [0.25, 0.3) is 0 Å². The molecule has 1 aliphatic carbocycles. The Kier molecular flexibility index (Phi) is 2.68. The van der Waals surface area contributed by atoms with Gasteiger partial charge in [0, 0.05) is 5.92 Å². The molecular formula is C6H11N5O3. The molecule has 1 saturated carbocycles. The van der Waals surface area contributed by atoms with Crippen LogP contribution < -0.4 is 0 Å². The Morgan fingerprint density at radius 3 is 2.93 bits per heavy atom. The lowest BCUT2D eigenvalue weighted by atomic mass is 10.1. The van der Waals surface area contributed by atoms with E-state index < -0.39 is 0 Å². The lowest BCUT2D eigenvalue weighted by molar-refractivity contribution is -0.504. The number of nitrogens with one attached hydrogen (secondary N) is 1. The quantitative estimate of drug-likeness (QED) is 0.583. The predicted molar refractivity (Wildman–Crippen MR) is 41.1 cm³/mol. The summed E-state index contributed by atoms with van der Waals surface area (Å²) in [5, 5.41) is 30.2. The fourth-order valence-electron chi connectivity index (χ4n) is 1.75. The van der Waals surface area contributed by atoms with E-state index in [1.54, 1.807) is 0 Å². The van der Waals surface area contributed by atoms with Crippen LogP contribution in [0.1, 0.15) is 31.0 Å². The molecule has 1 aromatic heterocycles. The van der Waals surface area contributed by atoms with E-state index in [1.165, 1.54) is 0 Å². The zero-order valence-electron chi connectivity index (χ0n) is 7.37. The van der Waals surface area contributed by atoms with Crippen molar-refractivity contribution in [1.82, 2.24) is 26.0 Å². The van der Waals surface area contributed by atoms with Crippen LogP contribution in [0, 0.1) is 0 Å². The maximum atomic E-state index is 8.45. The van der Waals surface area contributed by atoms with Crippen molar-refractivity contribution in [3.05, 3.63) is 5.82 Å². The molecule has 2 rings (SSSR count).